The lowest BCUT2D eigenvalue weighted by Crippen LogP contribution is -2.37. The number of sulfone groups is 1. The van der Waals surface area contributed by atoms with Crippen LogP contribution in [0.3, 0.4) is 0 Å². The third kappa shape index (κ3) is 5.02. The number of hydrogen-bond acceptors (Lipinski definition) is 4. The number of para-hydroxylation sites is 1. The second-order valence-electron chi connectivity index (χ2n) is 4.38. The highest BCUT2D eigenvalue weighted by Crippen LogP contribution is 2.14. The molecule has 0 fully saturated rings. The Labute approximate surface area is 119 Å². The molecule has 0 aromatic heterocycles. The van der Waals surface area contributed by atoms with Gasteiger partial charge in [-0.15, -0.1) is 0 Å². The van der Waals surface area contributed by atoms with E-state index < -0.39 is 21.5 Å². The van der Waals surface area contributed by atoms with Crippen molar-refractivity contribution in [3.05, 3.63) is 30.3 Å². The highest BCUT2D eigenvalue weighted by Gasteiger charge is 2.22. The number of nitriles is 1. The number of anilines is 1. The zero-order valence-corrected chi connectivity index (χ0v) is 12.3. The molecule has 108 valence electrons. The quantitative estimate of drug-likeness (QED) is 0.767. The van der Waals surface area contributed by atoms with Gasteiger partial charge in [0.05, 0.1) is 18.2 Å². The lowest BCUT2D eigenvalue weighted by atomic mass is 10.2. The Kier molecular flexibility index (Phi) is 6.19. The Balaban J connectivity index is 2.89. The topological polar surface area (TPSA) is 78.2 Å². The lowest BCUT2D eigenvalue weighted by molar-refractivity contribution is -0.116. The van der Waals surface area contributed by atoms with Crippen LogP contribution in [0.5, 0.6) is 0 Å². The van der Waals surface area contributed by atoms with E-state index in [1.807, 2.05) is 12.1 Å². The molecule has 5 nitrogen and oxygen atoms in total. The molecule has 0 aliphatic rings. The van der Waals surface area contributed by atoms with Crippen LogP contribution in [-0.4, -0.2) is 32.4 Å². The molecule has 0 aliphatic heterocycles. The maximum atomic E-state index is 12.2. The van der Waals surface area contributed by atoms with Gasteiger partial charge < -0.3 is 4.90 Å². The molecule has 1 amide bonds. The molecular formula is C14H18N2O3S. The smallest absolute Gasteiger partial charge is 0.242 e. The third-order valence-electron chi connectivity index (χ3n) is 2.67. The normalized spacial score (nSPS) is 10.8. The Morgan fingerprint density at radius 2 is 1.95 bits per heavy atom. The van der Waals surface area contributed by atoms with Crippen LogP contribution in [0.4, 0.5) is 5.69 Å². The van der Waals surface area contributed by atoms with Gasteiger partial charge >= 0.3 is 0 Å². The Bertz CT molecular complexity index is 576. The van der Waals surface area contributed by atoms with Gasteiger partial charge in [-0.3, -0.25) is 4.79 Å². The molecule has 6 heteroatoms. The van der Waals surface area contributed by atoms with Crippen LogP contribution in [-0.2, 0) is 14.6 Å². The number of benzene rings is 1. The van der Waals surface area contributed by atoms with Gasteiger partial charge in [0.1, 0.15) is 5.75 Å². The van der Waals surface area contributed by atoms with Crippen LogP contribution in [0.2, 0.25) is 0 Å². The van der Waals surface area contributed by atoms with Gasteiger partial charge in [0.2, 0.25) is 5.91 Å². The number of hydrogen-bond donors (Lipinski definition) is 0. The molecule has 0 heterocycles. The molecule has 0 spiro atoms. The van der Waals surface area contributed by atoms with Crippen LogP contribution in [0, 0.1) is 11.3 Å². The van der Waals surface area contributed by atoms with Gasteiger partial charge in [0.25, 0.3) is 0 Å². The molecule has 0 unspecified atom stereocenters. The predicted molar refractivity (Wildman–Crippen MR) is 78.0 cm³/mol. The van der Waals surface area contributed by atoms with Crippen molar-refractivity contribution >= 4 is 21.4 Å². The van der Waals surface area contributed by atoms with E-state index in [4.69, 9.17) is 5.26 Å². The number of nitrogens with zero attached hydrogens (tertiary/aromatic N) is 2. The summed E-state index contributed by atoms with van der Waals surface area (Å²) >= 11 is 0. The molecule has 0 bridgehead atoms. The zero-order valence-electron chi connectivity index (χ0n) is 11.4. The highest BCUT2D eigenvalue weighted by atomic mass is 32.2. The van der Waals surface area contributed by atoms with Crippen molar-refractivity contribution < 1.29 is 13.2 Å². The molecule has 1 aromatic rings. The first kappa shape index (κ1) is 16.2. The molecule has 1 rings (SSSR count). The van der Waals surface area contributed by atoms with Gasteiger partial charge in [-0.1, -0.05) is 25.1 Å². The van der Waals surface area contributed by atoms with E-state index >= 15 is 0 Å². The molecular weight excluding hydrogens is 276 g/mol. The number of rotatable bonds is 7. The van der Waals surface area contributed by atoms with Crippen molar-refractivity contribution in [2.45, 2.75) is 19.8 Å². The van der Waals surface area contributed by atoms with E-state index in [0.717, 1.165) is 0 Å². The van der Waals surface area contributed by atoms with E-state index in [0.29, 0.717) is 12.1 Å². The minimum absolute atomic E-state index is 0.000377. The molecule has 0 aliphatic carbocycles. The van der Waals surface area contributed by atoms with Gasteiger partial charge in [0, 0.05) is 12.2 Å². The molecule has 0 N–H and O–H groups in total. The predicted octanol–water partition coefficient (Wildman–Crippen LogP) is 1.76. The Morgan fingerprint density at radius 3 is 2.50 bits per heavy atom. The number of amides is 1. The van der Waals surface area contributed by atoms with Crippen LogP contribution < -0.4 is 4.90 Å². The standard InChI is InChI=1S/C14H18N2O3S/c1-2-11-20(18,19)12-14(17)16(10-6-9-15)13-7-4-3-5-8-13/h3-5,7-8H,2,6,10-12H2,1H3. The maximum absolute atomic E-state index is 12.2. The fraction of sp³-hybridized carbons (Fsp3) is 0.429. The maximum Gasteiger partial charge on any atom is 0.242 e. The fourth-order valence-corrected chi connectivity index (χ4v) is 3.12. The summed E-state index contributed by atoms with van der Waals surface area (Å²) in [7, 11) is -3.38. The number of carbonyl (C=O) groups excluding carboxylic acids is 1. The monoisotopic (exact) mass is 294 g/mol. The Hall–Kier alpha value is -1.87. The van der Waals surface area contributed by atoms with Crippen LogP contribution in [0.25, 0.3) is 0 Å². The Morgan fingerprint density at radius 1 is 1.30 bits per heavy atom. The molecule has 0 saturated heterocycles. The summed E-state index contributed by atoms with van der Waals surface area (Å²) in [5, 5.41) is 8.65. The molecule has 0 atom stereocenters. The summed E-state index contributed by atoms with van der Waals surface area (Å²) in [5.74, 6) is -0.999. The molecule has 0 radical (unpaired) electrons. The van der Waals surface area contributed by atoms with Crippen molar-refractivity contribution in [3.63, 3.8) is 0 Å². The van der Waals surface area contributed by atoms with Crippen molar-refractivity contribution in [2.24, 2.45) is 0 Å². The summed E-state index contributed by atoms with van der Waals surface area (Å²) in [6.45, 7) is 1.95. The molecule has 1 aromatic carbocycles. The van der Waals surface area contributed by atoms with Gasteiger partial charge in [-0.2, -0.15) is 5.26 Å². The first-order valence-corrected chi connectivity index (χ1v) is 8.25. The summed E-state index contributed by atoms with van der Waals surface area (Å²) in [5.41, 5.74) is 0.611. The molecule has 20 heavy (non-hydrogen) atoms. The van der Waals surface area contributed by atoms with Crippen molar-refractivity contribution in [1.82, 2.24) is 0 Å². The molecule has 0 saturated carbocycles. The van der Waals surface area contributed by atoms with Crippen LogP contribution in [0.1, 0.15) is 19.8 Å². The average Bonchev–Trinajstić information content (AvgIpc) is 2.39. The second-order valence-corrected chi connectivity index (χ2v) is 6.57. The summed E-state index contributed by atoms with van der Waals surface area (Å²) < 4.78 is 23.5. The van der Waals surface area contributed by atoms with Crippen molar-refractivity contribution in [2.75, 3.05) is 23.0 Å². The minimum Gasteiger partial charge on any atom is -0.311 e. The van der Waals surface area contributed by atoms with Crippen molar-refractivity contribution in [1.29, 1.82) is 5.26 Å². The van der Waals surface area contributed by atoms with Crippen LogP contribution in [0.15, 0.2) is 30.3 Å². The van der Waals surface area contributed by atoms with E-state index in [9.17, 15) is 13.2 Å². The lowest BCUT2D eigenvalue weighted by Gasteiger charge is -2.21. The highest BCUT2D eigenvalue weighted by molar-refractivity contribution is 7.92. The third-order valence-corrected chi connectivity index (χ3v) is 4.39. The van der Waals surface area contributed by atoms with Crippen molar-refractivity contribution in [3.8, 4) is 6.07 Å². The van der Waals surface area contributed by atoms with E-state index in [2.05, 4.69) is 0 Å². The zero-order chi connectivity index (χ0) is 15.0. The van der Waals surface area contributed by atoms with Crippen LogP contribution >= 0.6 is 0 Å². The van der Waals surface area contributed by atoms with E-state index in [-0.39, 0.29) is 18.7 Å². The first-order valence-electron chi connectivity index (χ1n) is 6.43. The first-order chi connectivity index (χ1) is 9.50. The SMILES string of the molecule is CCCS(=O)(=O)CC(=O)N(CCC#N)c1ccccc1. The summed E-state index contributed by atoms with van der Waals surface area (Å²) in [6, 6.07) is 10.8. The average molecular weight is 294 g/mol. The van der Waals surface area contributed by atoms with Gasteiger partial charge in [-0.25, -0.2) is 8.42 Å². The fourth-order valence-electron chi connectivity index (χ4n) is 1.82. The largest absolute Gasteiger partial charge is 0.311 e. The minimum atomic E-state index is -3.38. The number of carbonyl (C=O) groups is 1. The second kappa shape index (κ2) is 7.65. The van der Waals surface area contributed by atoms with Gasteiger partial charge in [-0.05, 0) is 18.6 Å². The summed E-state index contributed by atoms with van der Waals surface area (Å²) in [6.07, 6.45) is 0.646. The van der Waals surface area contributed by atoms with E-state index in [1.54, 1.807) is 31.2 Å². The summed E-state index contributed by atoms with van der Waals surface area (Å²) in [4.78, 5) is 13.5. The van der Waals surface area contributed by atoms with E-state index in [1.165, 1.54) is 4.90 Å². The van der Waals surface area contributed by atoms with Gasteiger partial charge in [0.15, 0.2) is 9.84 Å².